The lowest BCUT2D eigenvalue weighted by Crippen LogP contribution is -2.39. The fraction of sp³-hybridized carbons (Fsp3) is 0.600. The van der Waals surface area contributed by atoms with Gasteiger partial charge in [-0.05, 0) is 18.9 Å². The van der Waals surface area contributed by atoms with Crippen LogP contribution < -0.4 is 0 Å². The zero-order chi connectivity index (χ0) is 17.2. The van der Waals surface area contributed by atoms with Crippen molar-refractivity contribution in [3.63, 3.8) is 0 Å². The van der Waals surface area contributed by atoms with E-state index in [0.29, 0.717) is 31.9 Å². The molecule has 0 unspecified atom stereocenters. The molecular formula is C15H23N5O3S. The summed E-state index contributed by atoms with van der Waals surface area (Å²) in [6.07, 6.45) is 5.59. The van der Waals surface area contributed by atoms with Crippen molar-refractivity contribution in [2.45, 2.75) is 43.7 Å². The van der Waals surface area contributed by atoms with Crippen molar-refractivity contribution in [2.24, 2.45) is 0 Å². The average molecular weight is 353 g/mol. The molecule has 1 aliphatic rings. The predicted octanol–water partition coefficient (Wildman–Crippen LogP) is 0.729. The Labute approximate surface area is 141 Å². The van der Waals surface area contributed by atoms with Crippen LogP contribution in [0.25, 0.3) is 0 Å². The number of H-pyrrole nitrogens is 1. The molecule has 1 saturated heterocycles. The number of aromatic amines is 1. The number of aryl methyl sites for hydroxylation is 1. The molecule has 3 heterocycles. The van der Waals surface area contributed by atoms with Gasteiger partial charge in [0.2, 0.25) is 0 Å². The van der Waals surface area contributed by atoms with Crippen LogP contribution in [0.15, 0.2) is 23.5 Å². The minimum Gasteiger partial charge on any atom is -0.394 e. The van der Waals surface area contributed by atoms with Crippen LogP contribution in [0.3, 0.4) is 0 Å². The highest BCUT2D eigenvalue weighted by atomic mass is 32.2. The van der Waals surface area contributed by atoms with Crippen LogP contribution in [0.2, 0.25) is 0 Å². The molecule has 8 nitrogen and oxygen atoms in total. The lowest BCUT2D eigenvalue weighted by molar-refractivity contribution is 0.267. The summed E-state index contributed by atoms with van der Waals surface area (Å²) in [4.78, 5) is 6.98. The van der Waals surface area contributed by atoms with Crippen molar-refractivity contribution in [1.82, 2.24) is 24.1 Å². The number of aliphatic hydroxyl groups is 1. The molecule has 1 aliphatic heterocycles. The summed E-state index contributed by atoms with van der Waals surface area (Å²) in [6.45, 7) is 3.33. The van der Waals surface area contributed by atoms with Gasteiger partial charge >= 0.3 is 0 Å². The Kier molecular flexibility index (Phi) is 5.02. The lowest BCUT2D eigenvalue weighted by atomic mass is 9.96. The molecule has 0 aliphatic carbocycles. The van der Waals surface area contributed by atoms with E-state index >= 15 is 0 Å². The van der Waals surface area contributed by atoms with Crippen LogP contribution in [-0.4, -0.2) is 57.3 Å². The maximum Gasteiger partial charge on any atom is 0.260 e. The van der Waals surface area contributed by atoms with Gasteiger partial charge in [-0.15, -0.1) is 0 Å². The zero-order valence-electron chi connectivity index (χ0n) is 13.7. The van der Waals surface area contributed by atoms with Crippen LogP contribution in [0.4, 0.5) is 0 Å². The summed E-state index contributed by atoms with van der Waals surface area (Å²) in [6, 6.07) is 1.90. The highest BCUT2D eigenvalue weighted by Crippen LogP contribution is 2.29. The number of sulfonamides is 1. The minimum atomic E-state index is -3.55. The molecule has 0 spiro atoms. The molecule has 1 fully saturated rings. The first kappa shape index (κ1) is 17.1. The number of hydrogen-bond donors (Lipinski definition) is 2. The molecule has 0 aromatic carbocycles. The summed E-state index contributed by atoms with van der Waals surface area (Å²) < 4.78 is 28.8. The third-order valence-electron chi connectivity index (χ3n) is 4.35. The van der Waals surface area contributed by atoms with Gasteiger partial charge in [0.15, 0.2) is 5.03 Å². The van der Waals surface area contributed by atoms with Crippen LogP contribution in [0, 0.1) is 0 Å². The maximum atomic E-state index is 12.8. The first-order valence-corrected chi connectivity index (χ1v) is 9.67. The van der Waals surface area contributed by atoms with E-state index < -0.39 is 10.0 Å². The Hall–Kier alpha value is -1.71. The number of imidazole rings is 1. The summed E-state index contributed by atoms with van der Waals surface area (Å²) in [5, 5.41) is 13.6. The molecule has 2 aromatic rings. The number of aromatic nitrogens is 4. The Bertz CT molecular complexity index is 783. The molecule has 0 bridgehead atoms. The Morgan fingerprint density at radius 2 is 2.29 bits per heavy atom. The van der Waals surface area contributed by atoms with Gasteiger partial charge in [-0.3, -0.25) is 4.68 Å². The molecule has 0 amide bonds. The van der Waals surface area contributed by atoms with Gasteiger partial charge in [0, 0.05) is 31.6 Å². The monoisotopic (exact) mass is 353 g/mol. The molecule has 0 radical (unpaired) electrons. The Morgan fingerprint density at radius 3 is 3.00 bits per heavy atom. The topological polar surface area (TPSA) is 104 Å². The molecule has 1 atom stereocenters. The third-order valence-corrected chi connectivity index (χ3v) is 6.13. The number of nitrogens with zero attached hydrogens (tertiary/aromatic N) is 4. The highest BCUT2D eigenvalue weighted by Gasteiger charge is 2.32. The Balaban J connectivity index is 1.76. The summed E-state index contributed by atoms with van der Waals surface area (Å²) in [7, 11) is -3.55. The number of nitrogens with one attached hydrogen (secondary N) is 1. The largest absolute Gasteiger partial charge is 0.394 e. The van der Waals surface area contributed by atoms with E-state index in [1.807, 2.05) is 19.2 Å². The fourth-order valence-corrected chi connectivity index (χ4v) is 4.47. The molecule has 24 heavy (non-hydrogen) atoms. The minimum absolute atomic E-state index is 0.0336. The van der Waals surface area contributed by atoms with Gasteiger partial charge in [0.05, 0.1) is 25.0 Å². The van der Waals surface area contributed by atoms with Gasteiger partial charge in [-0.2, -0.15) is 9.40 Å². The average Bonchev–Trinajstić information content (AvgIpc) is 3.25. The normalized spacial score (nSPS) is 19.7. The quantitative estimate of drug-likeness (QED) is 0.797. The first-order chi connectivity index (χ1) is 11.5. The van der Waals surface area contributed by atoms with Crippen molar-refractivity contribution in [3.05, 3.63) is 30.0 Å². The fourth-order valence-electron chi connectivity index (χ4n) is 3.02. The van der Waals surface area contributed by atoms with Gasteiger partial charge in [0.1, 0.15) is 5.82 Å². The molecule has 3 rings (SSSR count). The molecule has 132 valence electrons. The Morgan fingerprint density at radius 1 is 1.46 bits per heavy atom. The van der Waals surface area contributed by atoms with Crippen LogP contribution in [0.5, 0.6) is 0 Å². The third kappa shape index (κ3) is 3.38. The predicted molar refractivity (Wildman–Crippen MR) is 88.0 cm³/mol. The van der Waals surface area contributed by atoms with Gasteiger partial charge in [-0.25, -0.2) is 13.4 Å². The van der Waals surface area contributed by atoms with E-state index in [1.54, 1.807) is 4.68 Å². The zero-order valence-corrected chi connectivity index (χ0v) is 14.5. The van der Waals surface area contributed by atoms with Crippen LogP contribution in [0.1, 0.15) is 37.2 Å². The van der Waals surface area contributed by atoms with Gasteiger partial charge < -0.3 is 10.1 Å². The van der Waals surface area contributed by atoms with E-state index in [9.17, 15) is 8.42 Å². The standard InChI is InChI=1S/C15H23N5O3S/c1-2-14-16-10-15(17-14)24(22,23)20-6-3-4-12(11-20)13-5-7-19(18-13)8-9-21/h5,7,10,12,21H,2-4,6,8-9,11H2,1H3,(H,16,17)/t12-/m0/s1. The second-order valence-corrected chi connectivity index (χ2v) is 7.88. The van der Waals surface area contributed by atoms with Gasteiger partial charge in [-0.1, -0.05) is 6.92 Å². The van der Waals surface area contributed by atoms with Gasteiger partial charge in [0.25, 0.3) is 10.0 Å². The van der Waals surface area contributed by atoms with E-state index in [4.69, 9.17) is 5.11 Å². The van der Waals surface area contributed by atoms with E-state index in [1.165, 1.54) is 10.5 Å². The molecule has 2 N–H and O–H groups in total. The summed E-state index contributed by atoms with van der Waals surface area (Å²) in [5.74, 6) is 0.743. The van der Waals surface area contributed by atoms with E-state index in [0.717, 1.165) is 18.5 Å². The lowest BCUT2D eigenvalue weighted by Gasteiger charge is -2.30. The van der Waals surface area contributed by atoms with Crippen LogP contribution in [-0.2, 0) is 23.0 Å². The molecular weight excluding hydrogens is 330 g/mol. The second-order valence-electron chi connectivity index (χ2n) is 5.98. The van der Waals surface area contributed by atoms with Crippen molar-refractivity contribution in [2.75, 3.05) is 19.7 Å². The van der Waals surface area contributed by atoms with Crippen molar-refractivity contribution in [3.8, 4) is 0 Å². The second kappa shape index (κ2) is 7.04. The number of rotatable bonds is 6. The van der Waals surface area contributed by atoms with Crippen LogP contribution >= 0.6 is 0 Å². The van der Waals surface area contributed by atoms with Crippen molar-refractivity contribution >= 4 is 10.0 Å². The molecule has 0 saturated carbocycles. The number of piperidine rings is 1. The first-order valence-electron chi connectivity index (χ1n) is 8.23. The highest BCUT2D eigenvalue weighted by molar-refractivity contribution is 7.89. The summed E-state index contributed by atoms with van der Waals surface area (Å²) >= 11 is 0. The molecule has 2 aromatic heterocycles. The van der Waals surface area contributed by atoms with E-state index in [2.05, 4.69) is 15.1 Å². The smallest absolute Gasteiger partial charge is 0.260 e. The number of aliphatic hydroxyl groups excluding tert-OH is 1. The SMILES string of the molecule is CCc1ncc(S(=O)(=O)N2CCC[C@H](c3ccn(CCO)n3)C2)[nH]1. The van der Waals surface area contributed by atoms with Crippen molar-refractivity contribution in [1.29, 1.82) is 0 Å². The maximum absolute atomic E-state index is 12.8. The summed E-state index contributed by atoms with van der Waals surface area (Å²) in [5.41, 5.74) is 0.877. The molecule has 9 heteroatoms. The van der Waals surface area contributed by atoms with E-state index in [-0.39, 0.29) is 17.6 Å². The van der Waals surface area contributed by atoms with Crippen molar-refractivity contribution < 1.29 is 13.5 Å². The number of hydrogen-bond acceptors (Lipinski definition) is 5.